The van der Waals surface area contributed by atoms with Gasteiger partial charge in [-0.05, 0) is 12.5 Å². The lowest BCUT2D eigenvalue weighted by atomic mass is 10.1. The van der Waals surface area contributed by atoms with Crippen LogP contribution in [0, 0.1) is 6.92 Å². The SMILES string of the molecule is Cc1ncsc1C1=CC(Cl)CNC1. The molecule has 1 unspecified atom stereocenters. The molecule has 2 heterocycles. The molecule has 0 saturated carbocycles. The van der Waals surface area contributed by atoms with Gasteiger partial charge in [0.2, 0.25) is 0 Å². The number of hydrogen-bond acceptors (Lipinski definition) is 3. The van der Waals surface area contributed by atoms with Crippen LogP contribution in [0.1, 0.15) is 10.6 Å². The average molecular weight is 215 g/mol. The average Bonchev–Trinajstić information content (AvgIpc) is 2.51. The first kappa shape index (κ1) is 9.19. The zero-order valence-electron chi connectivity index (χ0n) is 7.38. The Bertz CT molecular complexity index is 332. The molecule has 0 amide bonds. The summed E-state index contributed by atoms with van der Waals surface area (Å²) in [5.74, 6) is 0. The molecule has 2 rings (SSSR count). The van der Waals surface area contributed by atoms with E-state index >= 15 is 0 Å². The number of nitrogens with zero attached hydrogens (tertiary/aromatic N) is 1. The van der Waals surface area contributed by atoms with Crippen molar-refractivity contribution in [3.63, 3.8) is 0 Å². The van der Waals surface area contributed by atoms with E-state index < -0.39 is 0 Å². The van der Waals surface area contributed by atoms with Crippen molar-refractivity contribution in [1.29, 1.82) is 0 Å². The molecule has 0 spiro atoms. The maximum Gasteiger partial charge on any atom is 0.0801 e. The van der Waals surface area contributed by atoms with E-state index in [-0.39, 0.29) is 5.38 Å². The monoisotopic (exact) mass is 214 g/mol. The van der Waals surface area contributed by atoms with Crippen LogP contribution < -0.4 is 5.32 Å². The summed E-state index contributed by atoms with van der Waals surface area (Å²) in [4.78, 5) is 5.49. The molecule has 0 aliphatic carbocycles. The summed E-state index contributed by atoms with van der Waals surface area (Å²) in [6, 6.07) is 0. The lowest BCUT2D eigenvalue weighted by Gasteiger charge is -2.17. The molecule has 0 bridgehead atoms. The number of thiazole rings is 1. The van der Waals surface area contributed by atoms with Crippen molar-refractivity contribution in [3.05, 3.63) is 22.2 Å². The van der Waals surface area contributed by atoms with Crippen molar-refractivity contribution in [1.82, 2.24) is 10.3 Å². The predicted octanol–water partition coefficient (Wildman–Crippen LogP) is 2.05. The molecule has 2 nitrogen and oxygen atoms in total. The number of halogens is 1. The van der Waals surface area contributed by atoms with Gasteiger partial charge < -0.3 is 5.32 Å². The van der Waals surface area contributed by atoms with Crippen molar-refractivity contribution < 1.29 is 0 Å². The molecule has 0 saturated heterocycles. The lowest BCUT2D eigenvalue weighted by molar-refractivity contribution is 0.744. The first-order valence-corrected chi connectivity index (χ1v) is 5.55. The van der Waals surface area contributed by atoms with Gasteiger partial charge in [0.15, 0.2) is 0 Å². The van der Waals surface area contributed by atoms with Crippen molar-refractivity contribution in [2.75, 3.05) is 13.1 Å². The third-order valence-electron chi connectivity index (χ3n) is 2.07. The van der Waals surface area contributed by atoms with Crippen LogP contribution >= 0.6 is 22.9 Å². The van der Waals surface area contributed by atoms with E-state index in [1.54, 1.807) is 11.3 Å². The minimum absolute atomic E-state index is 0.116. The standard InChI is InChI=1S/C9H11ClN2S/c1-6-9(13-5-12-6)7-2-8(10)4-11-3-7/h2,5,8,11H,3-4H2,1H3. The second kappa shape index (κ2) is 3.78. The second-order valence-electron chi connectivity index (χ2n) is 3.11. The number of aromatic nitrogens is 1. The van der Waals surface area contributed by atoms with Gasteiger partial charge in [0.1, 0.15) is 0 Å². The summed E-state index contributed by atoms with van der Waals surface area (Å²) < 4.78 is 0. The molecule has 1 aromatic heterocycles. The molecule has 70 valence electrons. The third-order valence-corrected chi connectivity index (χ3v) is 3.36. The predicted molar refractivity (Wildman–Crippen MR) is 57.3 cm³/mol. The van der Waals surface area contributed by atoms with Gasteiger partial charge >= 0.3 is 0 Å². The number of rotatable bonds is 1. The summed E-state index contributed by atoms with van der Waals surface area (Å²) in [5.41, 5.74) is 4.26. The minimum Gasteiger partial charge on any atom is -0.311 e. The summed E-state index contributed by atoms with van der Waals surface area (Å²) >= 11 is 7.71. The molecule has 4 heteroatoms. The fraction of sp³-hybridized carbons (Fsp3) is 0.444. The molecular weight excluding hydrogens is 204 g/mol. The molecule has 0 fully saturated rings. The number of hydrogen-bond donors (Lipinski definition) is 1. The quantitative estimate of drug-likeness (QED) is 0.724. The van der Waals surface area contributed by atoms with E-state index in [2.05, 4.69) is 16.4 Å². The van der Waals surface area contributed by atoms with Gasteiger partial charge in [0.05, 0.1) is 21.5 Å². The maximum atomic E-state index is 6.03. The van der Waals surface area contributed by atoms with Gasteiger partial charge in [-0.2, -0.15) is 0 Å². The second-order valence-corrected chi connectivity index (χ2v) is 4.52. The van der Waals surface area contributed by atoms with E-state index in [4.69, 9.17) is 11.6 Å². The van der Waals surface area contributed by atoms with Crippen LogP contribution in [0.3, 0.4) is 0 Å². The number of aryl methyl sites for hydroxylation is 1. The van der Waals surface area contributed by atoms with E-state index in [1.165, 1.54) is 10.5 Å². The fourth-order valence-electron chi connectivity index (χ4n) is 1.45. The summed E-state index contributed by atoms with van der Waals surface area (Å²) in [6.07, 6.45) is 2.12. The molecule has 0 aromatic carbocycles. The highest BCUT2D eigenvalue weighted by Gasteiger charge is 2.14. The van der Waals surface area contributed by atoms with Crippen LogP contribution in [-0.2, 0) is 0 Å². The van der Waals surface area contributed by atoms with Crippen LogP contribution in [0.25, 0.3) is 5.57 Å². The van der Waals surface area contributed by atoms with Crippen molar-refractivity contribution in [2.24, 2.45) is 0 Å². The number of nitrogens with one attached hydrogen (secondary N) is 1. The molecule has 1 N–H and O–H groups in total. The van der Waals surface area contributed by atoms with Gasteiger partial charge in [-0.15, -0.1) is 22.9 Å². The van der Waals surface area contributed by atoms with Crippen LogP contribution in [0.4, 0.5) is 0 Å². The van der Waals surface area contributed by atoms with Crippen LogP contribution in [0.5, 0.6) is 0 Å². The highest BCUT2D eigenvalue weighted by Crippen LogP contribution is 2.25. The Labute approximate surface area is 86.6 Å². The maximum absolute atomic E-state index is 6.03. The Morgan fingerprint density at radius 2 is 2.54 bits per heavy atom. The number of alkyl halides is 1. The van der Waals surface area contributed by atoms with Gasteiger partial charge in [0, 0.05) is 13.1 Å². The van der Waals surface area contributed by atoms with Crippen molar-refractivity contribution in [2.45, 2.75) is 12.3 Å². The third kappa shape index (κ3) is 1.93. The van der Waals surface area contributed by atoms with Crippen molar-refractivity contribution in [3.8, 4) is 0 Å². The van der Waals surface area contributed by atoms with Crippen molar-refractivity contribution >= 4 is 28.5 Å². The summed E-state index contributed by atoms with van der Waals surface area (Å²) in [5, 5.41) is 3.39. The molecule has 1 aromatic rings. The van der Waals surface area contributed by atoms with Crippen LogP contribution in [0.2, 0.25) is 0 Å². The topological polar surface area (TPSA) is 24.9 Å². The summed E-state index contributed by atoms with van der Waals surface area (Å²) in [7, 11) is 0. The minimum atomic E-state index is 0.116. The van der Waals surface area contributed by atoms with Gasteiger partial charge in [-0.1, -0.05) is 6.08 Å². The molecule has 0 radical (unpaired) electrons. The van der Waals surface area contributed by atoms with Gasteiger partial charge in [-0.3, -0.25) is 0 Å². The molecular formula is C9H11ClN2S. The molecule has 13 heavy (non-hydrogen) atoms. The Morgan fingerprint density at radius 1 is 1.69 bits per heavy atom. The van der Waals surface area contributed by atoms with E-state index in [0.717, 1.165) is 18.8 Å². The lowest BCUT2D eigenvalue weighted by Crippen LogP contribution is -2.28. The normalized spacial score (nSPS) is 22.9. The Hall–Kier alpha value is -0.380. The fourth-order valence-corrected chi connectivity index (χ4v) is 2.54. The molecule has 1 atom stereocenters. The first-order valence-electron chi connectivity index (χ1n) is 4.23. The highest BCUT2D eigenvalue weighted by atomic mass is 35.5. The van der Waals surface area contributed by atoms with Crippen LogP contribution in [0.15, 0.2) is 11.6 Å². The Morgan fingerprint density at radius 3 is 3.15 bits per heavy atom. The smallest absolute Gasteiger partial charge is 0.0801 e. The zero-order chi connectivity index (χ0) is 9.26. The Kier molecular flexibility index (Phi) is 2.67. The summed E-state index contributed by atoms with van der Waals surface area (Å²) in [6.45, 7) is 3.81. The van der Waals surface area contributed by atoms with E-state index in [0.29, 0.717) is 0 Å². The van der Waals surface area contributed by atoms with Crippen LogP contribution in [-0.4, -0.2) is 23.5 Å². The first-order chi connectivity index (χ1) is 6.27. The highest BCUT2D eigenvalue weighted by molar-refractivity contribution is 7.11. The van der Waals surface area contributed by atoms with Gasteiger partial charge in [-0.25, -0.2) is 4.98 Å². The Balaban J connectivity index is 2.30. The van der Waals surface area contributed by atoms with Gasteiger partial charge in [0.25, 0.3) is 0 Å². The largest absolute Gasteiger partial charge is 0.311 e. The zero-order valence-corrected chi connectivity index (χ0v) is 8.95. The van der Waals surface area contributed by atoms with E-state index in [1.807, 2.05) is 12.4 Å². The molecule has 1 aliphatic heterocycles. The molecule has 1 aliphatic rings. The van der Waals surface area contributed by atoms with E-state index in [9.17, 15) is 0 Å².